The average molecular weight is 277 g/mol. The molecule has 0 aliphatic rings. The molecule has 2 N–H and O–H groups in total. The summed E-state index contributed by atoms with van der Waals surface area (Å²) < 4.78 is 16.0. The number of rotatable bonds is 14. The normalized spacial score (nSPS) is 13.1. The topological polar surface area (TPSA) is 60.0 Å². The summed E-state index contributed by atoms with van der Waals surface area (Å²) in [5.41, 5.74) is 0. The minimum Gasteiger partial charge on any atom is -0.389 e. The Bertz CT molecular complexity index is 179. The predicted octanol–water partition coefficient (Wildman–Crippen LogP) is 1.20. The van der Waals surface area contributed by atoms with E-state index in [0.717, 1.165) is 26.0 Å². The fraction of sp³-hybridized carbons (Fsp3) is 1.00. The van der Waals surface area contributed by atoms with Gasteiger partial charge in [-0.2, -0.15) is 0 Å². The van der Waals surface area contributed by atoms with Gasteiger partial charge in [0.15, 0.2) is 0 Å². The smallest absolute Gasteiger partial charge is 0.0897 e. The molecule has 5 heteroatoms. The van der Waals surface area contributed by atoms with Crippen LogP contribution in [-0.2, 0) is 14.2 Å². The van der Waals surface area contributed by atoms with Crippen LogP contribution in [0.3, 0.4) is 0 Å². The fourth-order valence-corrected chi connectivity index (χ4v) is 1.38. The zero-order valence-electron chi connectivity index (χ0n) is 12.7. The third-order valence-electron chi connectivity index (χ3n) is 2.43. The molecule has 0 saturated heterocycles. The molecule has 0 saturated carbocycles. The fourth-order valence-electron chi connectivity index (χ4n) is 1.38. The molecular formula is C14H31NO4. The van der Waals surface area contributed by atoms with Gasteiger partial charge in [-0.3, -0.25) is 0 Å². The molecule has 0 heterocycles. The van der Waals surface area contributed by atoms with Crippen molar-refractivity contribution in [3.05, 3.63) is 0 Å². The van der Waals surface area contributed by atoms with Crippen molar-refractivity contribution in [1.29, 1.82) is 0 Å². The molecule has 0 bridgehead atoms. The van der Waals surface area contributed by atoms with Gasteiger partial charge in [-0.25, -0.2) is 0 Å². The van der Waals surface area contributed by atoms with E-state index in [0.29, 0.717) is 33.0 Å². The van der Waals surface area contributed by atoms with Gasteiger partial charge in [0.05, 0.1) is 38.6 Å². The monoisotopic (exact) mass is 277 g/mol. The third-order valence-corrected chi connectivity index (χ3v) is 2.43. The second kappa shape index (κ2) is 14.2. The molecule has 19 heavy (non-hydrogen) atoms. The molecule has 0 aromatic rings. The van der Waals surface area contributed by atoms with Crippen LogP contribution >= 0.6 is 0 Å². The summed E-state index contributed by atoms with van der Waals surface area (Å²) in [6, 6.07) is 0. The Morgan fingerprint density at radius 1 is 1.05 bits per heavy atom. The average Bonchev–Trinajstić information content (AvgIpc) is 2.37. The molecule has 0 aliphatic carbocycles. The third kappa shape index (κ3) is 15.7. The van der Waals surface area contributed by atoms with Gasteiger partial charge in [-0.15, -0.1) is 0 Å². The first-order valence-corrected chi connectivity index (χ1v) is 7.32. The largest absolute Gasteiger partial charge is 0.389 e. The van der Waals surface area contributed by atoms with Crippen LogP contribution in [0.2, 0.25) is 0 Å². The summed E-state index contributed by atoms with van der Waals surface area (Å²) in [5, 5.41) is 12.8. The van der Waals surface area contributed by atoms with Crippen LogP contribution in [0.5, 0.6) is 0 Å². The molecule has 1 unspecified atom stereocenters. The molecule has 0 aliphatic heterocycles. The maximum absolute atomic E-state index is 9.63. The van der Waals surface area contributed by atoms with E-state index < -0.39 is 6.10 Å². The van der Waals surface area contributed by atoms with Gasteiger partial charge < -0.3 is 24.6 Å². The summed E-state index contributed by atoms with van der Waals surface area (Å²) in [4.78, 5) is 0. The Kier molecular flexibility index (Phi) is 14.1. The highest BCUT2D eigenvalue weighted by molar-refractivity contribution is 4.58. The lowest BCUT2D eigenvalue weighted by Gasteiger charge is -2.13. The summed E-state index contributed by atoms with van der Waals surface area (Å²) in [5.74, 6) is 0. The van der Waals surface area contributed by atoms with Gasteiger partial charge in [0.25, 0.3) is 0 Å². The second-order valence-corrected chi connectivity index (χ2v) is 4.82. The van der Waals surface area contributed by atoms with E-state index in [4.69, 9.17) is 14.2 Å². The van der Waals surface area contributed by atoms with Gasteiger partial charge in [0.1, 0.15) is 0 Å². The van der Waals surface area contributed by atoms with Crippen LogP contribution in [0.15, 0.2) is 0 Å². The molecule has 0 spiro atoms. The predicted molar refractivity (Wildman–Crippen MR) is 76.5 cm³/mol. The van der Waals surface area contributed by atoms with Crippen molar-refractivity contribution in [2.75, 3.05) is 46.1 Å². The van der Waals surface area contributed by atoms with Gasteiger partial charge in [0.2, 0.25) is 0 Å². The highest BCUT2D eigenvalue weighted by Gasteiger charge is 2.03. The van der Waals surface area contributed by atoms with Crippen LogP contribution in [0.25, 0.3) is 0 Å². The van der Waals surface area contributed by atoms with Crippen LogP contribution in [0.4, 0.5) is 0 Å². The molecule has 0 aromatic heterocycles. The number of aliphatic hydroxyl groups excluding tert-OH is 1. The van der Waals surface area contributed by atoms with E-state index in [1.807, 2.05) is 13.8 Å². The first-order chi connectivity index (χ1) is 9.16. The molecule has 0 aromatic carbocycles. The van der Waals surface area contributed by atoms with E-state index in [9.17, 15) is 5.11 Å². The van der Waals surface area contributed by atoms with Crippen molar-refractivity contribution >= 4 is 0 Å². The lowest BCUT2D eigenvalue weighted by molar-refractivity contribution is -0.0103. The first-order valence-electron chi connectivity index (χ1n) is 7.32. The Labute approximate surface area is 117 Å². The zero-order chi connectivity index (χ0) is 14.3. The molecule has 0 amide bonds. The maximum atomic E-state index is 9.63. The molecule has 1 atom stereocenters. The number of unbranched alkanes of at least 4 members (excludes halogenated alkanes) is 1. The highest BCUT2D eigenvalue weighted by atomic mass is 16.5. The Morgan fingerprint density at radius 3 is 2.53 bits per heavy atom. The SMILES string of the molecule is CCCCOCCNCC(O)COCCOC(C)C. The molecule has 0 rings (SSSR count). The van der Waals surface area contributed by atoms with E-state index in [1.54, 1.807) is 0 Å². The molecular weight excluding hydrogens is 246 g/mol. The zero-order valence-corrected chi connectivity index (χ0v) is 12.7. The molecule has 0 fully saturated rings. The van der Waals surface area contributed by atoms with Crippen LogP contribution in [-0.4, -0.2) is 63.4 Å². The lowest BCUT2D eigenvalue weighted by atomic mass is 10.3. The van der Waals surface area contributed by atoms with E-state index >= 15 is 0 Å². The number of hydrogen-bond acceptors (Lipinski definition) is 5. The van der Waals surface area contributed by atoms with Crippen molar-refractivity contribution in [1.82, 2.24) is 5.32 Å². The highest BCUT2D eigenvalue weighted by Crippen LogP contribution is 1.89. The minimum atomic E-state index is -0.477. The van der Waals surface area contributed by atoms with E-state index in [1.165, 1.54) is 0 Å². The summed E-state index contributed by atoms with van der Waals surface area (Å²) in [6.07, 6.45) is 2.01. The number of hydrogen-bond donors (Lipinski definition) is 2. The number of nitrogens with one attached hydrogen (secondary N) is 1. The molecule has 0 radical (unpaired) electrons. The van der Waals surface area contributed by atoms with E-state index in [-0.39, 0.29) is 6.10 Å². The number of ether oxygens (including phenoxy) is 3. The Morgan fingerprint density at radius 2 is 1.84 bits per heavy atom. The molecule has 5 nitrogen and oxygen atoms in total. The van der Waals surface area contributed by atoms with Crippen molar-refractivity contribution in [3.63, 3.8) is 0 Å². The Hall–Kier alpha value is -0.200. The lowest BCUT2D eigenvalue weighted by Crippen LogP contribution is -2.32. The maximum Gasteiger partial charge on any atom is 0.0897 e. The van der Waals surface area contributed by atoms with Crippen molar-refractivity contribution in [2.45, 2.75) is 45.8 Å². The summed E-state index contributed by atoms with van der Waals surface area (Å²) in [6.45, 7) is 10.4. The van der Waals surface area contributed by atoms with Crippen LogP contribution in [0.1, 0.15) is 33.6 Å². The standard InChI is InChI=1S/C14H31NO4/c1-4-5-7-17-8-6-15-11-14(16)12-18-9-10-19-13(2)3/h13-16H,4-12H2,1-3H3. The first kappa shape index (κ1) is 18.8. The van der Waals surface area contributed by atoms with Crippen LogP contribution in [0, 0.1) is 0 Å². The summed E-state index contributed by atoms with van der Waals surface area (Å²) >= 11 is 0. The van der Waals surface area contributed by atoms with Gasteiger partial charge >= 0.3 is 0 Å². The van der Waals surface area contributed by atoms with Gasteiger partial charge in [-0.05, 0) is 20.3 Å². The van der Waals surface area contributed by atoms with Gasteiger partial charge in [0, 0.05) is 19.7 Å². The molecule has 116 valence electrons. The second-order valence-electron chi connectivity index (χ2n) is 4.82. The van der Waals surface area contributed by atoms with Crippen molar-refractivity contribution < 1.29 is 19.3 Å². The van der Waals surface area contributed by atoms with Crippen molar-refractivity contribution in [2.24, 2.45) is 0 Å². The van der Waals surface area contributed by atoms with Crippen LogP contribution < -0.4 is 5.32 Å². The minimum absolute atomic E-state index is 0.225. The Balaban J connectivity index is 3.14. The van der Waals surface area contributed by atoms with E-state index in [2.05, 4.69) is 12.2 Å². The summed E-state index contributed by atoms with van der Waals surface area (Å²) in [7, 11) is 0. The van der Waals surface area contributed by atoms with Gasteiger partial charge in [-0.1, -0.05) is 13.3 Å². The quantitative estimate of drug-likeness (QED) is 0.467. The van der Waals surface area contributed by atoms with Crippen molar-refractivity contribution in [3.8, 4) is 0 Å². The number of aliphatic hydroxyl groups is 1.